The van der Waals surface area contributed by atoms with Crippen LogP contribution in [0.5, 0.6) is 11.5 Å². The van der Waals surface area contributed by atoms with E-state index >= 15 is 0 Å². The fraction of sp³-hybridized carbons (Fsp3) is 0.387. The Morgan fingerprint density at radius 1 is 1.05 bits per heavy atom. The van der Waals surface area contributed by atoms with Crippen LogP contribution >= 0.6 is 0 Å². The number of sulfonamides is 1. The number of morpholine rings is 1. The van der Waals surface area contributed by atoms with Crippen LogP contribution in [0, 0.1) is 0 Å². The molecule has 0 bridgehead atoms. The molecule has 0 saturated carbocycles. The van der Waals surface area contributed by atoms with Gasteiger partial charge in [0.05, 0.1) is 38.0 Å². The minimum absolute atomic E-state index is 0.207. The van der Waals surface area contributed by atoms with Gasteiger partial charge in [-0.2, -0.15) is 0 Å². The van der Waals surface area contributed by atoms with Crippen molar-refractivity contribution in [1.29, 1.82) is 0 Å². The average molecular weight is 582 g/mol. The summed E-state index contributed by atoms with van der Waals surface area (Å²) in [4.78, 5) is 15.9. The first-order valence-electron chi connectivity index (χ1n) is 13.5. The maximum atomic E-state index is 13.6. The lowest BCUT2D eigenvalue weighted by molar-refractivity contribution is -0.111. The van der Waals surface area contributed by atoms with Crippen molar-refractivity contribution in [3.8, 4) is 11.5 Å². The number of fused-ring (bicyclic) bond motifs is 1. The zero-order valence-electron chi connectivity index (χ0n) is 24.4. The first-order valence-corrected chi connectivity index (χ1v) is 15.4. The predicted molar refractivity (Wildman–Crippen MR) is 165 cm³/mol. The molecule has 3 aromatic rings. The van der Waals surface area contributed by atoms with E-state index in [1.807, 2.05) is 57.2 Å². The molecule has 41 heavy (non-hydrogen) atoms. The summed E-state index contributed by atoms with van der Waals surface area (Å²) in [6, 6.07) is 15.0. The summed E-state index contributed by atoms with van der Waals surface area (Å²) in [5.74, 6) is 0.506. The molecule has 4 rings (SSSR count). The first kappa shape index (κ1) is 30.4. The van der Waals surface area contributed by atoms with Gasteiger partial charge in [-0.15, -0.1) is 0 Å². The summed E-state index contributed by atoms with van der Waals surface area (Å²) in [5.41, 5.74) is 1.98. The molecule has 0 aliphatic carbocycles. The van der Waals surface area contributed by atoms with Crippen molar-refractivity contribution in [3.63, 3.8) is 0 Å². The molecule has 10 heteroatoms. The van der Waals surface area contributed by atoms with Crippen molar-refractivity contribution < 1.29 is 27.4 Å². The molecule has 2 N–H and O–H groups in total. The van der Waals surface area contributed by atoms with Gasteiger partial charge < -0.3 is 19.5 Å². The Balaban J connectivity index is 1.61. The summed E-state index contributed by atoms with van der Waals surface area (Å²) in [6.07, 6.45) is 1.07. The molecule has 1 heterocycles. The zero-order chi connectivity index (χ0) is 29.8. The number of nitrogens with zero attached hydrogens (tertiary/aromatic N) is 1. The van der Waals surface area contributed by atoms with Gasteiger partial charge in [0.15, 0.2) is 5.75 Å². The fourth-order valence-electron chi connectivity index (χ4n) is 4.74. The van der Waals surface area contributed by atoms with Crippen molar-refractivity contribution in [2.75, 3.05) is 62.9 Å². The minimum atomic E-state index is -3.60. The van der Waals surface area contributed by atoms with E-state index in [0.29, 0.717) is 17.9 Å². The van der Waals surface area contributed by atoms with Crippen molar-refractivity contribution in [1.82, 2.24) is 4.90 Å². The van der Waals surface area contributed by atoms with Gasteiger partial charge in [-0.25, -0.2) is 8.42 Å². The van der Waals surface area contributed by atoms with E-state index in [2.05, 4.69) is 21.5 Å². The fourth-order valence-corrected chi connectivity index (χ4v) is 5.29. The second-order valence-electron chi connectivity index (χ2n) is 11.1. The Bertz CT molecular complexity index is 1540. The van der Waals surface area contributed by atoms with Crippen molar-refractivity contribution in [2.24, 2.45) is 0 Å². The summed E-state index contributed by atoms with van der Waals surface area (Å²) in [5, 5.41) is 4.62. The number of anilines is 2. The van der Waals surface area contributed by atoms with Gasteiger partial charge in [0.1, 0.15) is 12.4 Å². The topological polar surface area (TPSA) is 106 Å². The van der Waals surface area contributed by atoms with Crippen molar-refractivity contribution in [2.45, 2.75) is 26.2 Å². The number of carbonyl (C=O) groups excluding carboxylic acids is 1. The van der Waals surface area contributed by atoms with Crippen LogP contribution in [-0.4, -0.2) is 72.0 Å². The molecule has 0 spiro atoms. The third kappa shape index (κ3) is 7.58. The van der Waals surface area contributed by atoms with Crippen LogP contribution in [0.25, 0.3) is 16.3 Å². The molecule has 1 aliphatic rings. The molecule has 0 radical (unpaired) electrons. The van der Waals surface area contributed by atoms with Crippen molar-refractivity contribution >= 4 is 43.7 Å². The largest absolute Gasteiger partial charge is 0.492 e. The second-order valence-corrected chi connectivity index (χ2v) is 12.9. The quantitative estimate of drug-likeness (QED) is 0.329. The minimum Gasteiger partial charge on any atom is -0.492 e. The van der Waals surface area contributed by atoms with E-state index in [-0.39, 0.29) is 22.4 Å². The molecular formula is C31H39N3O6S. The van der Waals surface area contributed by atoms with Crippen LogP contribution in [0.3, 0.4) is 0 Å². The number of benzene rings is 3. The number of amides is 1. The number of methoxy groups -OCH3 is 1. The number of nitrogens with one attached hydrogen (secondary N) is 2. The highest BCUT2D eigenvalue weighted by molar-refractivity contribution is 7.92. The third-order valence-corrected chi connectivity index (χ3v) is 7.55. The molecule has 0 atom stereocenters. The molecule has 0 unspecified atom stereocenters. The van der Waals surface area contributed by atoms with E-state index in [0.717, 1.165) is 61.2 Å². The Morgan fingerprint density at radius 3 is 2.34 bits per heavy atom. The number of hydrogen-bond donors (Lipinski definition) is 2. The average Bonchev–Trinajstić information content (AvgIpc) is 2.92. The maximum Gasteiger partial charge on any atom is 0.255 e. The van der Waals surface area contributed by atoms with Gasteiger partial charge in [0, 0.05) is 30.6 Å². The van der Waals surface area contributed by atoms with E-state index in [1.54, 1.807) is 12.1 Å². The van der Waals surface area contributed by atoms with Gasteiger partial charge in [0.25, 0.3) is 5.91 Å². The second kappa shape index (κ2) is 12.5. The third-order valence-electron chi connectivity index (χ3n) is 6.95. The van der Waals surface area contributed by atoms with Crippen LogP contribution in [0.4, 0.5) is 11.4 Å². The summed E-state index contributed by atoms with van der Waals surface area (Å²) in [6.45, 7) is 14.7. The zero-order valence-corrected chi connectivity index (χ0v) is 25.2. The molecule has 1 amide bonds. The standard InChI is InChI=1S/C31H39N3O6S/c1-21(30(35)32-26-19-22(31(2,3)4)20-27(29(26)38-5)33-41(6,36)37)23-11-12-28(25-10-8-7-9-24(23)25)40-18-15-34-13-16-39-17-14-34/h7-12,19-20,33H,1,13-18H2,2-6H3,(H,32,35). The summed E-state index contributed by atoms with van der Waals surface area (Å²) < 4.78 is 43.8. The van der Waals surface area contributed by atoms with E-state index in [4.69, 9.17) is 14.2 Å². The van der Waals surface area contributed by atoms with E-state index < -0.39 is 15.9 Å². The highest BCUT2D eigenvalue weighted by Gasteiger charge is 2.23. The van der Waals surface area contributed by atoms with Crippen LogP contribution in [0.2, 0.25) is 0 Å². The maximum absolute atomic E-state index is 13.6. The van der Waals surface area contributed by atoms with Gasteiger partial charge in [-0.3, -0.25) is 14.4 Å². The normalized spacial score (nSPS) is 14.5. The lowest BCUT2D eigenvalue weighted by Gasteiger charge is -2.26. The molecule has 1 aliphatic heterocycles. The number of ether oxygens (including phenoxy) is 3. The van der Waals surface area contributed by atoms with Crippen LogP contribution < -0.4 is 19.5 Å². The lowest BCUT2D eigenvalue weighted by Crippen LogP contribution is -2.38. The molecule has 9 nitrogen and oxygen atoms in total. The SMILES string of the molecule is C=C(C(=O)Nc1cc(C(C)(C)C)cc(NS(C)(=O)=O)c1OC)c1ccc(OCCN2CCOCC2)c2ccccc12. The monoisotopic (exact) mass is 581 g/mol. The first-order chi connectivity index (χ1) is 19.4. The number of carbonyl (C=O) groups is 1. The van der Waals surface area contributed by atoms with Crippen LogP contribution in [-0.2, 0) is 25.0 Å². The van der Waals surface area contributed by atoms with E-state index in [9.17, 15) is 13.2 Å². The Morgan fingerprint density at radius 2 is 1.71 bits per heavy atom. The molecule has 1 fully saturated rings. The summed E-state index contributed by atoms with van der Waals surface area (Å²) in [7, 11) is -2.17. The summed E-state index contributed by atoms with van der Waals surface area (Å²) >= 11 is 0. The van der Waals surface area contributed by atoms with Crippen molar-refractivity contribution in [3.05, 3.63) is 66.2 Å². The molecule has 3 aromatic carbocycles. The molecule has 1 saturated heterocycles. The Kier molecular flexibility index (Phi) is 9.26. The van der Waals surface area contributed by atoms with Gasteiger partial charge in [-0.1, -0.05) is 51.6 Å². The highest BCUT2D eigenvalue weighted by Crippen LogP contribution is 2.40. The van der Waals surface area contributed by atoms with Gasteiger partial charge >= 0.3 is 0 Å². The van der Waals surface area contributed by atoms with E-state index in [1.165, 1.54) is 7.11 Å². The smallest absolute Gasteiger partial charge is 0.255 e. The Hall–Kier alpha value is -3.60. The highest BCUT2D eigenvalue weighted by atomic mass is 32.2. The van der Waals surface area contributed by atoms with Gasteiger partial charge in [0.2, 0.25) is 10.0 Å². The Labute approximate surface area is 242 Å². The number of hydrogen-bond acceptors (Lipinski definition) is 7. The lowest BCUT2D eigenvalue weighted by atomic mass is 9.86. The van der Waals surface area contributed by atoms with Gasteiger partial charge in [-0.05, 0) is 46.2 Å². The predicted octanol–water partition coefficient (Wildman–Crippen LogP) is 4.88. The van der Waals surface area contributed by atoms with Crippen LogP contribution in [0.1, 0.15) is 31.9 Å². The molecular weight excluding hydrogens is 542 g/mol. The molecule has 220 valence electrons. The number of rotatable bonds is 10. The molecule has 0 aromatic heterocycles. The van der Waals surface area contributed by atoms with Crippen LogP contribution in [0.15, 0.2) is 55.1 Å².